The Morgan fingerprint density at radius 3 is 2.33 bits per heavy atom. The zero-order chi connectivity index (χ0) is 31.1. The third-order valence-corrected chi connectivity index (χ3v) is 8.88. The van der Waals surface area contributed by atoms with E-state index in [1.165, 1.54) is 63.2 Å². The van der Waals surface area contributed by atoms with Crippen molar-refractivity contribution in [2.45, 2.75) is 24.9 Å². The first kappa shape index (κ1) is 28.5. The second kappa shape index (κ2) is 9.73. The number of nitrogens with one attached hydrogen (secondary N) is 1. The van der Waals surface area contributed by atoms with Gasteiger partial charge in [-0.3, -0.25) is 28.7 Å². The number of nitrogens with zero attached hydrogens (tertiary/aromatic N) is 3. The van der Waals surface area contributed by atoms with Crippen molar-refractivity contribution in [2.75, 3.05) is 24.8 Å². The molecule has 3 aromatic rings. The molecule has 1 aromatic heterocycles. The lowest BCUT2D eigenvalue weighted by atomic mass is 9.66. The van der Waals surface area contributed by atoms with Crippen molar-refractivity contribution in [3.05, 3.63) is 89.4 Å². The van der Waals surface area contributed by atoms with Crippen LogP contribution in [0.2, 0.25) is 5.02 Å². The van der Waals surface area contributed by atoms with Crippen LogP contribution in [0.3, 0.4) is 0 Å². The molecule has 1 unspecified atom stereocenters. The van der Waals surface area contributed by atoms with E-state index < -0.39 is 40.3 Å². The van der Waals surface area contributed by atoms with Crippen molar-refractivity contribution in [1.29, 1.82) is 0 Å². The molecule has 224 valence electrons. The van der Waals surface area contributed by atoms with Crippen molar-refractivity contribution in [3.8, 4) is 17.2 Å². The third-order valence-electron chi connectivity index (χ3n) is 8.52. The highest BCUT2D eigenvalue weighted by Crippen LogP contribution is 2.56. The van der Waals surface area contributed by atoms with E-state index in [4.69, 9.17) is 25.8 Å². The highest BCUT2D eigenvalue weighted by Gasteiger charge is 2.63. The van der Waals surface area contributed by atoms with Crippen molar-refractivity contribution in [1.82, 2.24) is 9.13 Å². The standard InChI is InChI=1S/C29H26ClN4O9/c1-12-10-15-19(24(35)29(12)25(36)20-16(41-4)11-17(42-5)22(30)23(20)43-29)18(13-6-8-14(9-7-13)34(39)40)21-26(31-15)32(2)28(38)33(3)27(21)37/h6-9,11-12,18,31,39H,10H2,1-5H3/q-1/t12-,18?,29+/m1/s1. The van der Waals surface area contributed by atoms with Gasteiger partial charge in [-0.05, 0) is 24.1 Å². The second-order valence-corrected chi connectivity index (χ2v) is 11.1. The number of allylic oxidation sites excluding steroid dienone is 1. The number of Topliss-reactive ketones (excluding diaryl/α,β-unsaturated/α-hetero) is 2. The first-order valence-corrected chi connectivity index (χ1v) is 13.6. The molecule has 0 radical (unpaired) electrons. The van der Waals surface area contributed by atoms with Crippen molar-refractivity contribution < 1.29 is 29.0 Å². The largest absolute Gasteiger partial charge is 0.733 e. The van der Waals surface area contributed by atoms with E-state index in [1.54, 1.807) is 6.92 Å². The predicted molar refractivity (Wildman–Crippen MR) is 155 cm³/mol. The number of rotatable bonds is 4. The van der Waals surface area contributed by atoms with Crippen LogP contribution in [-0.4, -0.2) is 45.7 Å². The maximum absolute atomic E-state index is 14.8. The summed E-state index contributed by atoms with van der Waals surface area (Å²) in [6.45, 7) is 1.69. The Morgan fingerprint density at radius 1 is 1.07 bits per heavy atom. The van der Waals surface area contributed by atoms with Crippen LogP contribution in [0, 0.1) is 11.1 Å². The number of ketones is 2. The quantitative estimate of drug-likeness (QED) is 0.330. The van der Waals surface area contributed by atoms with Gasteiger partial charge in [0.25, 0.3) is 5.56 Å². The van der Waals surface area contributed by atoms with Gasteiger partial charge in [0.15, 0.2) is 5.75 Å². The molecule has 14 heteroatoms. The molecule has 13 nitrogen and oxygen atoms in total. The average molecular weight is 610 g/mol. The van der Waals surface area contributed by atoms with Crippen molar-refractivity contribution in [3.63, 3.8) is 0 Å². The van der Waals surface area contributed by atoms with Crippen LogP contribution in [0.15, 0.2) is 51.2 Å². The summed E-state index contributed by atoms with van der Waals surface area (Å²) in [4.78, 5) is 55.6. The molecular formula is C29H26ClN4O9-. The lowest BCUT2D eigenvalue weighted by molar-refractivity contribution is -0.130. The molecule has 0 fully saturated rings. The van der Waals surface area contributed by atoms with E-state index in [2.05, 4.69) is 5.32 Å². The van der Waals surface area contributed by atoms with Crippen LogP contribution in [0.25, 0.3) is 0 Å². The molecule has 0 bridgehead atoms. The summed E-state index contributed by atoms with van der Waals surface area (Å²) in [5.74, 6) is -2.70. The highest BCUT2D eigenvalue weighted by atomic mass is 35.5. The molecule has 0 saturated carbocycles. The van der Waals surface area contributed by atoms with Crippen molar-refractivity contribution >= 4 is 34.7 Å². The topological polar surface area (TPSA) is 164 Å². The van der Waals surface area contributed by atoms with Crippen LogP contribution in [0.1, 0.15) is 40.7 Å². The molecule has 0 amide bonds. The van der Waals surface area contributed by atoms with E-state index in [9.17, 15) is 29.6 Å². The Balaban J connectivity index is 1.60. The van der Waals surface area contributed by atoms with Crippen LogP contribution in [0.5, 0.6) is 17.2 Å². The fourth-order valence-corrected chi connectivity index (χ4v) is 6.58. The number of hydrogen-bond donors (Lipinski definition) is 2. The molecule has 43 heavy (non-hydrogen) atoms. The van der Waals surface area contributed by atoms with Crippen LogP contribution in [0.4, 0.5) is 11.5 Å². The minimum absolute atomic E-state index is 0.000541. The number of hydrogen-bond acceptors (Lipinski definition) is 11. The van der Waals surface area contributed by atoms with Crippen LogP contribution < -0.4 is 36.0 Å². The van der Waals surface area contributed by atoms with Gasteiger partial charge in [0, 0.05) is 43.3 Å². The van der Waals surface area contributed by atoms with E-state index in [0.29, 0.717) is 11.3 Å². The van der Waals surface area contributed by atoms with Gasteiger partial charge in [-0.1, -0.05) is 30.7 Å². The number of methoxy groups -OCH3 is 2. The fraction of sp³-hybridized carbons (Fsp3) is 0.310. The molecule has 1 aliphatic carbocycles. The number of halogens is 1. The lowest BCUT2D eigenvalue weighted by Gasteiger charge is -2.42. The number of anilines is 2. The van der Waals surface area contributed by atoms with E-state index in [-0.39, 0.29) is 62.1 Å². The minimum Gasteiger partial charge on any atom is -0.733 e. The fourth-order valence-electron chi connectivity index (χ4n) is 6.32. The average Bonchev–Trinajstić information content (AvgIpc) is 3.31. The summed E-state index contributed by atoms with van der Waals surface area (Å²) in [7, 11) is 5.58. The van der Waals surface area contributed by atoms with E-state index in [1.807, 2.05) is 0 Å². The molecular weight excluding hydrogens is 584 g/mol. The molecule has 3 atom stereocenters. The van der Waals surface area contributed by atoms with Gasteiger partial charge >= 0.3 is 5.69 Å². The Kier molecular flexibility index (Phi) is 6.45. The zero-order valence-corrected chi connectivity index (χ0v) is 24.4. The summed E-state index contributed by atoms with van der Waals surface area (Å²) < 4.78 is 19.3. The normalized spacial score (nSPS) is 22.0. The minimum atomic E-state index is -2.05. The van der Waals surface area contributed by atoms with Gasteiger partial charge in [0.1, 0.15) is 27.9 Å². The molecule has 6 rings (SSSR count). The second-order valence-electron chi connectivity index (χ2n) is 10.7. The summed E-state index contributed by atoms with van der Waals surface area (Å²) in [5, 5.41) is 23.7. The van der Waals surface area contributed by atoms with Gasteiger partial charge in [0.05, 0.1) is 25.5 Å². The maximum atomic E-state index is 14.8. The Morgan fingerprint density at radius 2 is 1.72 bits per heavy atom. The molecule has 0 saturated heterocycles. The van der Waals surface area contributed by atoms with E-state index >= 15 is 0 Å². The molecule has 3 aliphatic rings. The molecule has 2 aromatic carbocycles. The van der Waals surface area contributed by atoms with Gasteiger partial charge in [-0.15, -0.1) is 0 Å². The third kappa shape index (κ3) is 3.71. The summed E-state index contributed by atoms with van der Waals surface area (Å²) >= 11 is 6.57. The van der Waals surface area contributed by atoms with Gasteiger partial charge in [-0.2, -0.15) is 0 Å². The number of carbonyl (C=O) groups is 2. The SMILES string of the molecule is COc1cc(OC)c2c(c1Cl)O[C@@]1(C(=O)C3=C(C[C@H]1C)Nc1c(c(=O)n(C)c(=O)n1C)C3c1ccc(N([O-])O)cc1)C2=O. The number of carbonyl (C=O) groups excluding carboxylic acids is 2. The molecule has 2 aliphatic heterocycles. The van der Waals surface area contributed by atoms with E-state index in [0.717, 1.165) is 4.57 Å². The van der Waals surface area contributed by atoms with Gasteiger partial charge < -0.3 is 30.0 Å². The highest BCUT2D eigenvalue weighted by molar-refractivity contribution is 6.36. The Hall–Kier alpha value is -4.59. The first-order chi connectivity index (χ1) is 20.4. The number of fused-ring (bicyclic) bond motifs is 2. The van der Waals surface area contributed by atoms with Gasteiger partial charge in [-0.25, -0.2) is 4.79 Å². The summed E-state index contributed by atoms with van der Waals surface area (Å²) in [5.41, 5.74) is -2.40. The van der Waals surface area contributed by atoms with Crippen molar-refractivity contribution in [2.24, 2.45) is 20.0 Å². The zero-order valence-electron chi connectivity index (χ0n) is 23.7. The van der Waals surface area contributed by atoms with Gasteiger partial charge in [0.2, 0.25) is 17.2 Å². The summed E-state index contributed by atoms with van der Waals surface area (Å²) in [6.07, 6.45) is 0.125. The Labute approximate surface area is 249 Å². The predicted octanol–water partition coefficient (Wildman–Crippen LogP) is 2.88. The lowest BCUT2D eigenvalue weighted by Crippen LogP contribution is -2.58. The van der Waals surface area contributed by atoms with Crippen LogP contribution in [-0.2, 0) is 18.9 Å². The number of ether oxygens (including phenoxy) is 3. The molecule has 2 N–H and O–H groups in total. The Bertz CT molecular complexity index is 1890. The number of aromatic nitrogens is 2. The maximum Gasteiger partial charge on any atom is 0.332 e. The smallest absolute Gasteiger partial charge is 0.332 e. The monoisotopic (exact) mass is 609 g/mol. The van der Waals surface area contributed by atoms with Crippen LogP contribution >= 0.6 is 11.6 Å². The molecule has 1 spiro atoms. The molecule has 3 heterocycles. The summed E-state index contributed by atoms with van der Waals surface area (Å²) in [6, 6.07) is 7.07. The first-order valence-electron chi connectivity index (χ1n) is 13.2. The number of benzene rings is 2.